The molecule has 0 aliphatic carbocycles. The van der Waals surface area contributed by atoms with Gasteiger partial charge in [0.1, 0.15) is 5.82 Å². The Morgan fingerprint density at radius 2 is 1.97 bits per heavy atom. The summed E-state index contributed by atoms with van der Waals surface area (Å²) in [5, 5.41) is 2.56. The Kier molecular flexibility index (Phi) is 7.59. The molecule has 0 bridgehead atoms. The van der Waals surface area contributed by atoms with Crippen molar-refractivity contribution in [2.24, 2.45) is 5.92 Å². The predicted molar refractivity (Wildman–Crippen MR) is 128 cm³/mol. The molecular formula is C24H31F4N3O2Si. The Balaban J connectivity index is 1.89. The minimum Gasteiger partial charge on any atom is -0.478 e. The summed E-state index contributed by atoms with van der Waals surface area (Å²) in [6, 6.07) is 4.29. The van der Waals surface area contributed by atoms with Crippen molar-refractivity contribution < 1.29 is 27.1 Å². The Morgan fingerprint density at radius 3 is 2.56 bits per heavy atom. The molecule has 1 atom stereocenters. The maximum atomic E-state index is 14.3. The zero-order chi connectivity index (χ0) is 25.3. The molecule has 2 heterocycles. The zero-order valence-electron chi connectivity index (χ0n) is 20.1. The maximum absolute atomic E-state index is 14.3. The van der Waals surface area contributed by atoms with E-state index in [1.807, 2.05) is 4.90 Å². The number of hydrogen-bond donors (Lipinski definition) is 1. The summed E-state index contributed by atoms with van der Waals surface area (Å²) in [4.78, 5) is 18.8. The summed E-state index contributed by atoms with van der Waals surface area (Å²) in [7, 11) is -1.43. The van der Waals surface area contributed by atoms with Crippen LogP contribution in [0.25, 0.3) is 0 Å². The van der Waals surface area contributed by atoms with Crippen molar-refractivity contribution in [2.45, 2.75) is 52.1 Å². The standard InChI is InChI=1S/C24H31F4N3O2Si/c1-15-6-7-31(14-15)21-12-19(25)16(2)10-20(21)30-23(32)17-13-29-22(11-18(17)24(26,27)28)33-8-9-34(3,4)5/h10-13,15H,6-9,14H2,1-5H3,(H,30,32)/t15-/m1/s1. The fourth-order valence-corrected chi connectivity index (χ4v) is 4.48. The van der Waals surface area contributed by atoms with Gasteiger partial charge in [0.05, 0.1) is 29.1 Å². The Morgan fingerprint density at radius 1 is 1.26 bits per heavy atom. The van der Waals surface area contributed by atoms with Crippen LogP contribution in [0.15, 0.2) is 24.4 Å². The van der Waals surface area contributed by atoms with E-state index in [-0.39, 0.29) is 23.7 Å². The first-order chi connectivity index (χ1) is 15.7. The van der Waals surface area contributed by atoms with Crippen LogP contribution in [0.5, 0.6) is 5.88 Å². The highest BCUT2D eigenvalue weighted by Gasteiger charge is 2.36. The van der Waals surface area contributed by atoms with E-state index in [0.717, 1.165) is 24.7 Å². The van der Waals surface area contributed by atoms with Crippen LogP contribution in [0.2, 0.25) is 25.7 Å². The first kappa shape index (κ1) is 26.0. The molecule has 3 rings (SSSR count). The van der Waals surface area contributed by atoms with Crippen molar-refractivity contribution in [3.63, 3.8) is 0 Å². The molecule has 1 amide bonds. The molecule has 0 saturated carbocycles. The molecular weight excluding hydrogens is 466 g/mol. The van der Waals surface area contributed by atoms with Crippen molar-refractivity contribution in [1.82, 2.24) is 4.98 Å². The summed E-state index contributed by atoms with van der Waals surface area (Å²) in [5.74, 6) is -1.19. The highest BCUT2D eigenvalue weighted by atomic mass is 28.3. The Bertz CT molecular complexity index is 1050. The molecule has 1 aliphatic rings. The SMILES string of the molecule is Cc1cc(NC(=O)c2cnc(OCC[Si](C)(C)C)cc2C(F)(F)F)c(N2CC[C@@H](C)C2)cc1F. The molecule has 186 valence electrons. The van der Waals surface area contributed by atoms with Crippen LogP contribution < -0.4 is 15.0 Å². The van der Waals surface area contributed by atoms with Gasteiger partial charge in [-0.15, -0.1) is 0 Å². The molecule has 1 aromatic carbocycles. The normalized spacial score (nSPS) is 16.6. The number of alkyl halides is 3. The zero-order valence-corrected chi connectivity index (χ0v) is 21.1. The summed E-state index contributed by atoms with van der Waals surface area (Å²) < 4.78 is 61.2. The number of aromatic nitrogens is 1. The average molecular weight is 498 g/mol. The van der Waals surface area contributed by atoms with Crippen LogP contribution in [0.1, 0.15) is 34.8 Å². The molecule has 1 N–H and O–H groups in total. The predicted octanol–water partition coefficient (Wildman–Crippen LogP) is 6.36. The third kappa shape index (κ3) is 6.49. The number of rotatable bonds is 7. The van der Waals surface area contributed by atoms with E-state index >= 15 is 0 Å². The summed E-state index contributed by atoms with van der Waals surface area (Å²) in [5.41, 5.74) is -0.743. The first-order valence-electron chi connectivity index (χ1n) is 11.3. The number of anilines is 2. The minimum absolute atomic E-state index is 0.175. The van der Waals surface area contributed by atoms with E-state index in [1.165, 1.54) is 19.1 Å². The topological polar surface area (TPSA) is 54.5 Å². The van der Waals surface area contributed by atoms with Gasteiger partial charge in [0, 0.05) is 33.4 Å². The van der Waals surface area contributed by atoms with Gasteiger partial charge in [-0.1, -0.05) is 26.6 Å². The monoisotopic (exact) mass is 497 g/mol. The molecule has 1 aliphatic heterocycles. The minimum atomic E-state index is -4.78. The van der Waals surface area contributed by atoms with Gasteiger partial charge >= 0.3 is 6.18 Å². The number of ether oxygens (including phenoxy) is 1. The number of halogens is 4. The number of amides is 1. The summed E-state index contributed by atoms with van der Waals surface area (Å²) in [6.07, 6.45) is -2.99. The highest BCUT2D eigenvalue weighted by molar-refractivity contribution is 6.76. The Labute approximate surface area is 198 Å². The van der Waals surface area contributed by atoms with Gasteiger partial charge in [0.15, 0.2) is 0 Å². The summed E-state index contributed by atoms with van der Waals surface area (Å²) in [6.45, 7) is 11.6. The second-order valence-corrected chi connectivity index (χ2v) is 15.8. The van der Waals surface area contributed by atoms with Gasteiger partial charge in [-0.25, -0.2) is 9.37 Å². The molecule has 5 nitrogen and oxygen atoms in total. The van der Waals surface area contributed by atoms with Crippen molar-refractivity contribution in [1.29, 1.82) is 0 Å². The molecule has 2 aromatic rings. The maximum Gasteiger partial charge on any atom is 0.417 e. The fourth-order valence-electron chi connectivity index (χ4n) is 3.77. The van der Waals surface area contributed by atoms with Gasteiger partial charge in [-0.3, -0.25) is 4.79 Å². The van der Waals surface area contributed by atoms with Crippen LogP contribution in [-0.2, 0) is 6.18 Å². The van der Waals surface area contributed by atoms with E-state index in [1.54, 1.807) is 0 Å². The molecule has 1 aromatic heterocycles. The van der Waals surface area contributed by atoms with E-state index in [4.69, 9.17) is 4.74 Å². The third-order valence-corrected chi connectivity index (χ3v) is 7.52. The van der Waals surface area contributed by atoms with Crippen molar-refractivity contribution >= 4 is 25.4 Å². The van der Waals surface area contributed by atoms with Gasteiger partial charge in [-0.05, 0) is 43.0 Å². The number of pyridine rings is 1. The lowest BCUT2D eigenvalue weighted by Gasteiger charge is -2.23. The lowest BCUT2D eigenvalue weighted by Crippen LogP contribution is -2.24. The van der Waals surface area contributed by atoms with Crippen molar-refractivity contribution in [3.8, 4) is 5.88 Å². The molecule has 0 unspecified atom stereocenters. The lowest BCUT2D eigenvalue weighted by molar-refractivity contribution is -0.138. The van der Waals surface area contributed by atoms with Gasteiger partial charge in [-0.2, -0.15) is 13.2 Å². The fraction of sp³-hybridized carbons (Fsp3) is 0.500. The molecule has 34 heavy (non-hydrogen) atoms. The van der Waals surface area contributed by atoms with E-state index in [0.29, 0.717) is 24.7 Å². The number of hydrogen-bond acceptors (Lipinski definition) is 4. The van der Waals surface area contributed by atoms with E-state index in [9.17, 15) is 22.4 Å². The average Bonchev–Trinajstić information content (AvgIpc) is 3.15. The van der Waals surface area contributed by atoms with E-state index in [2.05, 4.69) is 36.9 Å². The largest absolute Gasteiger partial charge is 0.478 e. The van der Waals surface area contributed by atoms with Crippen molar-refractivity contribution in [3.05, 3.63) is 46.9 Å². The van der Waals surface area contributed by atoms with E-state index < -0.39 is 37.1 Å². The van der Waals surface area contributed by atoms with Gasteiger partial charge in [0.2, 0.25) is 5.88 Å². The molecule has 1 saturated heterocycles. The van der Waals surface area contributed by atoms with Gasteiger partial charge < -0.3 is 15.0 Å². The number of nitrogens with one attached hydrogen (secondary N) is 1. The third-order valence-electron chi connectivity index (χ3n) is 5.82. The Hall–Kier alpha value is -2.62. The van der Waals surface area contributed by atoms with Crippen molar-refractivity contribution in [2.75, 3.05) is 29.9 Å². The van der Waals surface area contributed by atoms with Crippen LogP contribution >= 0.6 is 0 Å². The molecule has 0 radical (unpaired) electrons. The molecule has 0 spiro atoms. The lowest BCUT2D eigenvalue weighted by atomic mass is 10.1. The number of nitrogens with zero attached hydrogens (tertiary/aromatic N) is 2. The van der Waals surface area contributed by atoms with Crippen LogP contribution in [0, 0.1) is 18.7 Å². The number of carbonyl (C=O) groups is 1. The molecule has 1 fully saturated rings. The second kappa shape index (κ2) is 9.93. The van der Waals surface area contributed by atoms with Crippen LogP contribution in [0.4, 0.5) is 28.9 Å². The smallest absolute Gasteiger partial charge is 0.417 e. The number of aryl methyl sites for hydroxylation is 1. The highest BCUT2D eigenvalue weighted by Crippen LogP contribution is 2.36. The van der Waals surface area contributed by atoms with Crippen LogP contribution in [-0.4, -0.2) is 38.7 Å². The van der Waals surface area contributed by atoms with Crippen LogP contribution in [0.3, 0.4) is 0 Å². The number of carbonyl (C=O) groups excluding carboxylic acids is 1. The molecule has 10 heteroatoms. The number of benzene rings is 1. The van der Waals surface area contributed by atoms with Gasteiger partial charge in [0.25, 0.3) is 5.91 Å². The quantitative estimate of drug-likeness (QED) is 0.357. The summed E-state index contributed by atoms with van der Waals surface area (Å²) >= 11 is 0. The first-order valence-corrected chi connectivity index (χ1v) is 15.0. The second-order valence-electron chi connectivity index (χ2n) is 10.1.